The minimum absolute atomic E-state index is 0.369. The van der Waals surface area contributed by atoms with Crippen LogP contribution in [0.15, 0.2) is 0 Å². The molecule has 1 heterocycles. The third kappa shape index (κ3) is 1.27. The van der Waals surface area contributed by atoms with Crippen LogP contribution < -0.4 is 5.32 Å². The molecule has 0 aromatic heterocycles. The lowest BCUT2D eigenvalue weighted by atomic mass is 9.82. The van der Waals surface area contributed by atoms with Gasteiger partial charge in [-0.2, -0.15) is 0 Å². The largest absolute Gasteiger partial charge is 0.396 e. The van der Waals surface area contributed by atoms with Gasteiger partial charge in [-0.25, -0.2) is 0 Å². The van der Waals surface area contributed by atoms with Crippen LogP contribution in [-0.4, -0.2) is 23.8 Å². The second kappa shape index (κ2) is 3.35. The van der Waals surface area contributed by atoms with Crippen LogP contribution in [0, 0.1) is 5.92 Å². The Balaban J connectivity index is 2.01. The first-order valence-electron chi connectivity index (χ1n) is 5.23. The highest BCUT2D eigenvalue weighted by molar-refractivity contribution is 5.02. The van der Waals surface area contributed by atoms with Crippen molar-refractivity contribution in [2.45, 2.75) is 44.1 Å². The Kier molecular flexibility index (Phi) is 2.37. The zero-order valence-electron chi connectivity index (χ0n) is 7.68. The maximum absolute atomic E-state index is 8.94. The first-order valence-corrected chi connectivity index (χ1v) is 5.23. The van der Waals surface area contributed by atoms with Crippen molar-refractivity contribution in [1.82, 2.24) is 5.32 Å². The van der Waals surface area contributed by atoms with Crippen LogP contribution in [0.3, 0.4) is 0 Å². The lowest BCUT2D eigenvalue weighted by Crippen LogP contribution is -2.42. The average molecular weight is 169 g/mol. The van der Waals surface area contributed by atoms with E-state index in [1.165, 1.54) is 38.6 Å². The SMILES string of the molecule is OCCC1CCNC12CCCC2. The summed E-state index contributed by atoms with van der Waals surface area (Å²) in [7, 11) is 0. The van der Waals surface area contributed by atoms with Crippen molar-refractivity contribution in [3.8, 4) is 0 Å². The van der Waals surface area contributed by atoms with Crippen molar-refractivity contribution in [1.29, 1.82) is 0 Å². The predicted octanol–water partition coefficient (Wildman–Crippen LogP) is 1.29. The van der Waals surface area contributed by atoms with Crippen molar-refractivity contribution in [2.24, 2.45) is 5.92 Å². The minimum Gasteiger partial charge on any atom is -0.396 e. The lowest BCUT2D eigenvalue weighted by Gasteiger charge is -2.30. The van der Waals surface area contributed by atoms with Crippen molar-refractivity contribution < 1.29 is 5.11 Å². The Hall–Kier alpha value is -0.0800. The van der Waals surface area contributed by atoms with E-state index in [1.54, 1.807) is 0 Å². The summed E-state index contributed by atoms with van der Waals surface area (Å²) in [5.41, 5.74) is 0.447. The highest BCUT2D eigenvalue weighted by atomic mass is 16.3. The quantitative estimate of drug-likeness (QED) is 0.653. The smallest absolute Gasteiger partial charge is 0.0434 e. The molecule has 2 nitrogen and oxygen atoms in total. The van der Waals surface area contributed by atoms with E-state index in [2.05, 4.69) is 5.32 Å². The van der Waals surface area contributed by atoms with Gasteiger partial charge >= 0.3 is 0 Å². The molecule has 1 saturated heterocycles. The fourth-order valence-electron chi connectivity index (χ4n) is 3.08. The maximum atomic E-state index is 8.94. The van der Waals surface area contributed by atoms with E-state index in [4.69, 9.17) is 5.11 Å². The molecule has 0 radical (unpaired) electrons. The molecule has 0 amide bonds. The molecule has 1 atom stereocenters. The molecular weight excluding hydrogens is 150 g/mol. The molecule has 1 unspecified atom stereocenters. The van der Waals surface area contributed by atoms with E-state index in [0.29, 0.717) is 12.1 Å². The third-order valence-electron chi connectivity index (χ3n) is 3.72. The van der Waals surface area contributed by atoms with Gasteiger partial charge in [-0.05, 0) is 38.1 Å². The van der Waals surface area contributed by atoms with Crippen LogP contribution in [0.2, 0.25) is 0 Å². The number of aliphatic hydroxyl groups excluding tert-OH is 1. The molecule has 0 bridgehead atoms. The fraction of sp³-hybridized carbons (Fsp3) is 1.00. The van der Waals surface area contributed by atoms with Gasteiger partial charge in [-0.15, -0.1) is 0 Å². The summed E-state index contributed by atoms with van der Waals surface area (Å²) in [6, 6.07) is 0. The van der Waals surface area contributed by atoms with Gasteiger partial charge in [0.2, 0.25) is 0 Å². The Morgan fingerprint density at radius 2 is 2.08 bits per heavy atom. The molecule has 70 valence electrons. The van der Waals surface area contributed by atoms with Crippen molar-refractivity contribution >= 4 is 0 Å². The van der Waals surface area contributed by atoms with Gasteiger partial charge in [-0.3, -0.25) is 0 Å². The zero-order chi connectivity index (χ0) is 8.44. The number of hydrogen-bond donors (Lipinski definition) is 2. The fourth-order valence-corrected chi connectivity index (χ4v) is 3.08. The molecule has 1 aliphatic heterocycles. The van der Waals surface area contributed by atoms with Gasteiger partial charge < -0.3 is 10.4 Å². The first kappa shape index (κ1) is 8.52. The highest BCUT2D eigenvalue weighted by Gasteiger charge is 2.43. The van der Waals surface area contributed by atoms with E-state index in [1.807, 2.05) is 0 Å². The normalized spacial score (nSPS) is 33.2. The van der Waals surface area contributed by atoms with Crippen molar-refractivity contribution in [2.75, 3.05) is 13.2 Å². The van der Waals surface area contributed by atoms with E-state index in [9.17, 15) is 0 Å². The predicted molar refractivity (Wildman–Crippen MR) is 49.0 cm³/mol. The minimum atomic E-state index is 0.369. The molecule has 2 N–H and O–H groups in total. The van der Waals surface area contributed by atoms with Gasteiger partial charge in [0, 0.05) is 12.1 Å². The van der Waals surface area contributed by atoms with Crippen molar-refractivity contribution in [3.63, 3.8) is 0 Å². The van der Waals surface area contributed by atoms with Crippen LogP contribution >= 0.6 is 0 Å². The Morgan fingerprint density at radius 1 is 1.33 bits per heavy atom. The monoisotopic (exact) mass is 169 g/mol. The highest BCUT2D eigenvalue weighted by Crippen LogP contribution is 2.42. The molecular formula is C10H19NO. The molecule has 1 saturated carbocycles. The third-order valence-corrected chi connectivity index (χ3v) is 3.72. The second-order valence-corrected chi connectivity index (χ2v) is 4.29. The van der Waals surface area contributed by atoms with Crippen LogP contribution in [0.1, 0.15) is 38.5 Å². The van der Waals surface area contributed by atoms with Crippen molar-refractivity contribution in [3.05, 3.63) is 0 Å². The van der Waals surface area contributed by atoms with Crippen LogP contribution in [0.25, 0.3) is 0 Å². The van der Waals surface area contributed by atoms with Crippen LogP contribution in [-0.2, 0) is 0 Å². The summed E-state index contributed by atoms with van der Waals surface area (Å²) in [6.45, 7) is 1.54. The van der Waals surface area contributed by atoms with Gasteiger partial charge in [0.1, 0.15) is 0 Å². The number of rotatable bonds is 2. The van der Waals surface area contributed by atoms with Gasteiger partial charge in [0.15, 0.2) is 0 Å². The number of nitrogens with one attached hydrogen (secondary N) is 1. The molecule has 2 heteroatoms. The molecule has 2 fully saturated rings. The summed E-state index contributed by atoms with van der Waals surface area (Å²) < 4.78 is 0. The van der Waals surface area contributed by atoms with E-state index in [0.717, 1.165) is 12.3 Å². The van der Waals surface area contributed by atoms with E-state index < -0.39 is 0 Å². The molecule has 0 aromatic carbocycles. The topological polar surface area (TPSA) is 32.3 Å². The summed E-state index contributed by atoms with van der Waals surface area (Å²) >= 11 is 0. The van der Waals surface area contributed by atoms with Crippen LogP contribution in [0.4, 0.5) is 0 Å². The molecule has 0 aromatic rings. The second-order valence-electron chi connectivity index (χ2n) is 4.29. The molecule has 1 aliphatic carbocycles. The maximum Gasteiger partial charge on any atom is 0.0434 e. The Bertz CT molecular complexity index is 146. The molecule has 2 aliphatic rings. The average Bonchev–Trinajstić information content (AvgIpc) is 2.66. The standard InChI is InChI=1S/C10H19NO/c12-8-4-9-3-7-11-10(9)5-1-2-6-10/h9,11-12H,1-8H2. The summed E-state index contributed by atoms with van der Waals surface area (Å²) in [4.78, 5) is 0. The summed E-state index contributed by atoms with van der Waals surface area (Å²) in [6.07, 6.45) is 7.74. The Labute approximate surface area is 74.4 Å². The first-order chi connectivity index (χ1) is 5.87. The molecule has 2 rings (SSSR count). The van der Waals surface area contributed by atoms with Gasteiger partial charge in [0.05, 0.1) is 0 Å². The van der Waals surface area contributed by atoms with E-state index in [-0.39, 0.29) is 0 Å². The van der Waals surface area contributed by atoms with Crippen LogP contribution in [0.5, 0.6) is 0 Å². The number of hydrogen-bond acceptors (Lipinski definition) is 2. The summed E-state index contributed by atoms with van der Waals surface area (Å²) in [5.74, 6) is 0.755. The lowest BCUT2D eigenvalue weighted by molar-refractivity contribution is 0.204. The number of aliphatic hydroxyl groups is 1. The van der Waals surface area contributed by atoms with Gasteiger partial charge in [-0.1, -0.05) is 12.8 Å². The Morgan fingerprint density at radius 3 is 2.75 bits per heavy atom. The molecule has 1 spiro atoms. The molecule has 12 heavy (non-hydrogen) atoms. The van der Waals surface area contributed by atoms with Gasteiger partial charge in [0.25, 0.3) is 0 Å². The zero-order valence-corrected chi connectivity index (χ0v) is 7.68. The summed E-state index contributed by atoms with van der Waals surface area (Å²) in [5, 5.41) is 12.6. The van der Waals surface area contributed by atoms with E-state index >= 15 is 0 Å².